The first kappa shape index (κ1) is 15.5. The van der Waals surface area contributed by atoms with Gasteiger partial charge in [0.2, 0.25) is 0 Å². The van der Waals surface area contributed by atoms with Crippen LogP contribution in [0.5, 0.6) is 11.8 Å². The summed E-state index contributed by atoms with van der Waals surface area (Å²) >= 11 is 0. The fraction of sp³-hybridized carbons (Fsp3) is 0.500. The van der Waals surface area contributed by atoms with Crippen molar-refractivity contribution in [2.45, 2.75) is 53.1 Å². The molecule has 0 bridgehead atoms. The Morgan fingerprint density at radius 3 is 2.67 bits per heavy atom. The summed E-state index contributed by atoms with van der Waals surface area (Å²) in [5, 5.41) is 3.35. The van der Waals surface area contributed by atoms with Gasteiger partial charge in [-0.05, 0) is 46.2 Å². The van der Waals surface area contributed by atoms with E-state index in [1.807, 2.05) is 26.0 Å². The van der Waals surface area contributed by atoms with Gasteiger partial charge in [-0.15, -0.1) is 0 Å². The van der Waals surface area contributed by atoms with Crippen LogP contribution in [0, 0.1) is 6.92 Å². The molecular weight excluding hydrogens is 266 g/mol. The van der Waals surface area contributed by atoms with E-state index < -0.39 is 0 Å². The van der Waals surface area contributed by atoms with Gasteiger partial charge in [0.05, 0.1) is 11.4 Å². The van der Waals surface area contributed by atoms with Gasteiger partial charge < -0.3 is 14.5 Å². The van der Waals surface area contributed by atoms with Crippen molar-refractivity contribution in [1.29, 1.82) is 0 Å². The minimum absolute atomic E-state index is 0.0379. The molecule has 0 fully saturated rings. The van der Waals surface area contributed by atoms with Gasteiger partial charge in [-0.3, -0.25) is 4.98 Å². The molecule has 0 aliphatic heterocycles. The highest BCUT2D eigenvalue weighted by Gasteiger charge is 2.13. The fourth-order valence-electron chi connectivity index (χ4n) is 1.81. The van der Waals surface area contributed by atoms with Crippen LogP contribution in [-0.4, -0.2) is 15.5 Å². The highest BCUT2D eigenvalue weighted by atomic mass is 16.6. The van der Waals surface area contributed by atoms with E-state index in [4.69, 9.17) is 9.15 Å². The van der Waals surface area contributed by atoms with Crippen LogP contribution in [0.4, 0.5) is 0 Å². The van der Waals surface area contributed by atoms with Crippen LogP contribution in [0.2, 0.25) is 0 Å². The van der Waals surface area contributed by atoms with Gasteiger partial charge in [0, 0.05) is 17.8 Å². The molecule has 114 valence electrons. The van der Waals surface area contributed by atoms with E-state index in [1.165, 1.54) is 0 Å². The molecule has 5 nitrogen and oxygen atoms in total. The maximum absolute atomic E-state index is 5.70. The highest BCUT2D eigenvalue weighted by molar-refractivity contribution is 5.31. The van der Waals surface area contributed by atoms with Crippen molar-refractivity contribution in [2.24, 2.45) is 0 Å². The van der Waals surface area contributed by atoms with E-state index >= 15 is 0 Å². The van der Waals surface area contributed by atoms with Crippen LogP contribution in [0.25, 0.3) is 0 Å². The summed E-state index contributed by atoms with van der Waals surface area (Å²) in [6.45, 7) is 11.0. The molecule has 0 unspecified atom stereocenters. The second kappa shape index (κ2) is 6.26. The van der Waals surface area contributed by atoms with Crippen LogP contribution in [0.3, 0.4) is 0 Å². The Hall–Kier alpha value is -1.88. The molecular formula is C16H23N3O2. The van der Waals surface area contributed by atoms with Crippen LogP contribution >= 0.6 is 0 Å². The Morgan fingerprint density at radius 1 is 1.24 bits per heavy atom. The third kappa shape index (κ3) is 4.56. The van der Waals surface area contributed by atoms with Gasteiger partial charge in [0.15, 0.2) is 5.75 Å². The first-order valence-electron chi connectivity index (χ1n) is 7.21. The first-order valence-corrected chi connectivity index (χ1v) is 7.21. The molecule has 2 rings (SSSR count). The normalized spacial score (nSPS) is 11.7. The summed E-state index contributed by atoms with van der Waals surface area (Å²) in [6.07, 6.45) is 2.67. The van der Waals surface area contributed by atoms with Crippen LogP contribution < -0.4 is 10.1 Å². The number of aryl methyl sites for hydroxylation is 2. The molecule has 21 heavy (non-hydrogen) atoms. The summed E-state index contributed by atoms with van der Waals surface area (Å²) in [4.78, 5) is 8.78. The smallest absolute Gasteiger partial charge is 0.399 e. The molecule has 0 radical (unpaired) electrons. The van der Waals surface area contributed by atoms with Gasteiger partial charge in [0.25, 0.3) is 0 Å². The number of nitrogens with one attached hydrogen (secondary N) is 1. The lowest BCUT2D eigenvalue weighted by molar-refractivity contribution is 0.327. The third-order valence-electron chi connectivity index (χ3n) is 2.93. The van der Waals surface area contributed by atoms with Crippen molar-refractivity contribution in [3.05, 3.63) is 35.5 Å². The molecule has 0 aromatic carbocycles. The number of hydrogen-bond acceptors (Lipinski definition) is 5. The van der Waals surface area contributed by atoms with Crippen LogP contribution in [0.15, 0.2) is 22.8 Å². The number of pyridine rings is 1. The Kier molecular flexibility index (Phi) is 4.63. The first-order chi connectivity index (χ1) is 9.87. The Balaban J connectivity index is 2.06. The minimum atomic E-state index is 0.0379. The van der Waals surface area contributed by atoms with E-state index in [2.05, 4.69) is 36.1 Å². The molecule has 2 aromatic heterocycles. The van der Waals surface area contributed by atoms with Crippen molar-refractivity contribution in [3.8, 4) is 11.8 Å². The maximum Gasteiger partial charge on any atom is 0.399 e. The van der Waals surface area contributed by atoms with Crippen LogP contribution in [-0.2, 0) is 13.0 Å². The van der Waals surface area contributed by atoms with Crippen molar-refractivity contribution >= 4 is 0 Å². The molecule has 1 N–H and O–H groups in total. The third-order valence-corrected chi connectivity index (χ3v) is 2.93. The molecule has 0 saturated carbocycles. The molecule has 0 saturated heterocycles. The second-order valence-electron chi connectivity index (χ2n) is 6.06. The number of aromatic nitrogens is 2. The zero-order valence-electron chi connectivity index (χ0n) is 13.4. The largest absolute Gasteiger partial charge is 0.417 e. The quantitative estimate of drug-likeness (QED) is 0.911. The number of nitrogens with zero attached hydrogens (tertiary/aromatic N) is 2. The number of rotatable bonds is 5. The average molecular weight is 289 g/mol. The topological polar surface area (TPSA) is 60.2 Å². The van der Waals surface area contributed by atoms with E-state index in [-0.39, 0.29) is 11.6 Å². The molecule has 0 atom stereocenters. The van der Waals surface area contributed by atoms with Gasteiger partial charge >= 0.3 is 6.08 Å². The summed E-state index contributed by atoms with van der Waals surface area (Å²) in [5.41, 5.74) is 2.73. The molecule has 0 amide bonds. The van der Waals surface area contributed by atoms with Crippen molar-refractivity contribution in [3.63, 3.8) is 0 Å². The Bertz CT molecular complexity index is 600. The molecule has 2 aromatic rings. The average Bonchev–Trinajstić information content (AvgIpc) is 2.85. The molecule has 0 aliphatic carbocycles. The van der Waals surface area contributed by atoms with Crippen molar-refractivity contribution in [1.82, 2.24) is 15.3 Å². The van der Waals surface area contributed by atoms with E-state index in [0.29, 0.717) is 12.3 Å². The second-order valence-corrected chi connectivity index (χ2v) is 6.06. The standard InChI is InChI=1S/C16H23N3O2/c1-6-13-14(8-7-11(2)18-13)21-15-19-12(10-20-15)9-17-16(3,4)5/h7-8,10,17H,6,9H2,1-5H3. The summed E-state index contributed by atoms with van der Waals surface area (Å²) < 4.78 is 11.1. The molecule has 5 heteroatoms. The molecule has 0 spiro atoms. The predicted octanol–water partition coefficient (Wildman–Crippen LogP) is 3.62. The van der Waals surface area contributed by atoms with Gasteiger partial charge in [-0.2, -0.15) is 4.98 Å². The lowest BCUT2D eigenvalue weighted by Crippen LogP contribution is -2.35. The zero-order valence-corrected chi connectivity index (χ0v) is 13.4. The molecule has 2 heterocycles. The summed E-state index contributed by atoms with van der Waals surface area (Å²) in [6, 6.07) is 3.82. The predicted molar refractivity (Wildman–Crippen MR) is 81.5 cm³/mol. The monoisotopic (exact) mass is 289 g/mol. The van der Waals surface area contributed by atoms with Gasteiger partial charge in [-0.1, -0.05) is 6.92 Å². The highest BCUT2D eigenvalue weighted by Crippen LogP contribution is 2.24. The summed E-state index contributed by atoms with van der Waals surface area (Å²) in [7, 11) is 0. The van der Waals surface area contributed by atoms with E-state index in [9.17, 15) is 0 Å². The van der Waals surface area contributed by atoms with E-state index in [0.717, 1.165) is 23.5 Å². The lowest BCUT2D eigenvalue weighted by Gasteiger charge is -2.19. The minimum Gasteiger partial charge on any atom is -0.417 e. The number of hydrogen-bond donors (Lipinski definition) is 1. The Morgan fingerprint density at radius 2 is 2.00 bits per heavy atom. The lowest BCUT2D eigenvalue weighted by atomic mass is 10.1. The van der Waals surface area contributed by atoms with E-state index in [1.54, 1.807) is 6.26 Å². The van der Waals surface area contributed by atoms with Gasteiger partial charge in [-0.25, -0.2) is 0 Å². The number of oxazole rings is 1. The summed E-state index contributed by atoms with van der Waals surface area (Å²) in [5.74, 6) is 0.695. The Labute approximate surface area is 125 Å². The van der Waals surface area contributed by atoms with Crippen molar-refractivity contribution < 1.29 is 9.15 Å². The fourth-order valence-corrected chi connectivity index (χ4v) is 1.81. The SMILES string of the molecule is CCc1nc(C)ccc1Oc1nc(CNC(C)(C)C)co1. The van der Waals surface area contributed by atoms with Crippen LogP contribution in [0.1, 0.15) is 44.8 Å². The zero-order chi connectivity index (χ0) is 15.5. The van der Waals surface area contributed by atoms with Gasteiger partial charge in [0.1, 0.15) is 6.26 Å². The molecule has 0 aliphatic rings. The number of ether oxygens (including phenoxy) is 1. The maximum atomic E-state index is 5.70. The van der Waals surface area contributed by atoms with Crippen molar-refractivity contribution in [2.75, 3.05) is 0 Å².